The van der Waals surface area contributed by atoms with E-state index in [2.05, 4.69) is 11.4 Å². The zero-order valence-electron chi connectivity index (χ0n) is 10.4. The van der Waals surface area contributed by atoms with E-state index in [9.17, 15) is 8.42 Å². The van der Waals surface area contributed by atoms with Crippen molar-refractivity contribution >= 4 is 9.84 Å². The van der Waals surface area contributed by atoms with Gasteiger partial charge in [0, 0.05) is 12.8 Å². The molecule has 0 radical (unpaired) electrons. The summed E-state index contributed by atoms with van der Waals surface area (Å²) in [7, 11) is -3.12. The average Bonchev–Trinajstić information content (AvgIpc) is 2.29. The molecule has 1 N–H and O–H groups in total. The molecule has 17 heavy (non-hydrogen) atoms. The van der Waals surface area contributed by atoms with E-state index in [0.717, 1.165) is 37.1 Å². The largest absolute Gasteiger partial charge is 0.316 e. The third kappa shape index (κ3) is 2.87. The summed E-state index contributed by atoms with van der Waals surface area (Å²) in [6.45, 7) is 3.87. The molecule has 1 atom stereocenters. The summed E-state index contributed by atoms with van der Waals surface area (Å²) < 4.78 is 23.3. The second-order valence-corrected chi connectivity index (χ2v) is 6.82. The molecule has 3 nitrogen and oxygen atoms in total. The van der Waals surface area contributed by atoms with Crippen LogP contribution < -0.4 is 5.32 Å². The molecule has 1 aromatic rings. The third-order valence-electron chi connectivity index (χ3n) is 3.38. The smallest absolute Gasteiger partial charge is 0.175 e. The van der Waals surface area contributed by atoms with Crippen LogP contribution in [0.15, 0.2) is 23.1 Å². The SMILES string of the molecule is Cc1ccc(C2CCCNC2)cc1S(C)(=O)=O. The van der Waals surface area contributed by atoms with Crippen molar-refractivity contribution in [3.8, 4) is 0 Å². The van der Waals surface area contributed by atoms with Gasteiger partial charge in [-0.05, 0) is 49.4 Å². The van der Waals surface area contributed by atoms with E-state index in [1.54, 1.807) is 0 Å². The van der Waals surface area contributed by atoms with Crippen LogP contribution in [0.2, 0.25) is 0 Å². The number of hydrogen-bond donors (Lipinski definition) is 1. The maximum absolute atomic E-state index is 11.7. The van der Waals surface area contributed by atoms with Crippen LogP contribution in [0.5, 0.6) is 0 Å². The first-order valence-electron chi connectivity index (χ1n) is 6.00. The molecule has 1 fully saturated rings. The predicted octanol–water partition coefficient (Wildman–Crippen LogP) is 1.87. The predicted molar refractivity (Wildman–Crippen MR) is 69.1 cm³/mol. The van der Waals surface area contributed by atoms with Crippen LogP contribution in [0.3, 0.4) is 0 Å². The minimum atomic E-state index is -3.12. The fourth-order valence-corrected chi connectivity index (χ4v) is 3.41. The van der Waals surface area contributed by atoms with Gasteiger partial charge in [0.25, 0.3) is 0 Å². The van der Waals surface area contributed by atoms with Crippen molar-refractivity contribution < 1.29 is 8.42 Å². The van der Waals surface area contributed by atoms with E-state index >= 15 is 0 Å². The Morgan fingerprint density at radius 1 is 1.35 bits per heavy atom. The van der Waals surface area contributed by atoms with Gasteiger partial charge in [0.2, 0.25) is 0 Å². The Labute approximate surface area is 103 Å². The standard InChI is InChI=1S/C13H19NO2S/c1-10-5-6-11(8-13(10)17(2,15)16)12-4-3-7-14-9-12/h5-6,8,12,14H,3-4,7,9H2,1-2H3. The maximum Gasteiger partial charge on any atom is 0.175 e. The molecule has 0 spiro atoms. The third-order valence-corrected chi connectivity index (χ3v) is 4.62. The van der Waals surface area contributed by atoms with Crippen LogP contribution in [-0.2, 0) is 9.84 Å². The first-order chi connectivity index (χ1) is 7.98. The summed E-state index contributed by atoms with van der Waals surface area (Å²) in [6, 6.07) is 5.82. The number of rotatable bonds is 2. The molecule has 0 bridgehead atoms. The highest BCUT2D eigenvalue weighted by Crippen LogP contribution is 2.26. The van der Waals surface area contributed by atoms with Crippen LogP contribution in [0.4, 0.5) is 0 Å². The van der Waals surface area contributed by atoms with Gasteiger partial charge >= 0.3 is 0 Å². The highest BCUT2D eigenvalue weighted by Gasteiger charge is 2.18. The van der Waals surface area contributed by atoms with Crippen molar-refractivity contribution in [3.05, 3.63) is 29.3 Å². The van der Waals surface area contributed by atoms with Gasteiger partial charge in [-0.2, -0.15) is 0 Å². The Kier molecular flexibility index (Phi) is 3.54. The van der Waals surface area contributed by atoms with E-state index in [-0.39, 0.29) is 0 Å². The zero-order chi connectivity index (χ0) is 12.5. The normalized spacial score (nSPS) is 21.4. The van der Waals surface area contributed by atoms with Gasteiger partial charge in [-0.1, -0.05) is 12.1 Å². The molecule has 1 aliphatic heterocycles. The molecule has 2 rings (SSSR count). The van der Waals surface area contributed by atoms with Crippen LogP contribution in [0.25, 0.3) is 0 Å². The molecule has 0 aliphatic carbocycles. The summed E-state index contributed by atoms with van der Waals surface area (Å²) in [5.41, 5.74) is 1.98. The van der Waals surface area contributed by atoms with E-state index in [4.69, 9.17) is 0 Å². The molecule has 0 aromatic heterocycles. The van der Waals surface area contributed by atoms with Gasteiger partial charge in [-0.15, -0.1) is 0 Å². The first-order valence-corrected chi connectivity index (χ1v) is 7.89. The fourth-order valence-electron chi connectivity index (χ4n) is 2.41. The molecule has 1 heterocycles. The second-order valence-electron chi connectivity index (χ2n) is 4.84. The highest BCUT2D eigenvalue weighted by atomic mass is 32.2. The molecule has 4 heteroatoms. The molecule has 1 saturated heterocycles. The Bertz CT molecular complexity index is 502. The van der Waals surface area contributed by atoms with Gasteiger partial charge in [-0.25, -0.2) is 8.42 Å². The van der Waals surface area contributed by atoms with Crippen LogP contribution in [-0.4, -0.2) is 27.8 Å². The van der Waals surface area contributed by atoms with Crippen LogP contribution in [0, 0.1) is 6.92 Å². The Balaban J connectivity index is 2.37. The molecule has 1 aromatic carbocycles. The molecule has 94 valence electrons. The monoisotopic (exact) mass is 253 g/mol. The first kappa shape index (κ1) is 12.6. The van der Waals surface area contributed by atoms with Crippen molar-refractivity contribution in [3.63, 3.8) is 0 Å². The highest BCUT2D eigenvalue weighted by molar-refractivity contribution is 7.90. The van der Waals surface area contributed by atoms with Crippen molar-refractivity contribution in [1.29, 1.82) is 0 Å². The number of piperidine rings is 1. The van der Waals surface area contributed by atoms with Crippen molar-refractivity contribution in [2.75, 3.05) is 19.3 Å². The lowest BCUT2D eigenvalue weighted by atomic mass is 9.91. The van der Waals surface area contributed by atoms with Gasteiger partial charge in [-0.3, -0.25) is 0 Å². The van der Waals surface area contributed by atoms with Crippen LogP contribution >= 0.6 is 0 Å². The minimum Gasteiger partial charge on any atom is -0.316 e. The Morgan fingerprint density at radius 2 is 2.12 bits per heavy atom. The van der Waals surface area contributed by atoms with Crippen molar-refractivity contribution in [2.24, 2.45) is 0 Å². The van der Waals surface area contributed by atoms with E-state index < -0.39 is 9.84 Å². The van der Waals surface area contributed by atoms with E-state index in [1.165, 1.54) is 6.26 Å². The maximum atomic E-state index is 11.7. The summed E-state index contributed by atoms with van der Waals surface area (Å²) in [5, 5.41) is 3.36. The molecular weight excluding hydrogens is 234 g/mol. The number of hydrogen-bond acceptors (Lipinski definition) is 3. The zero-order valence-corrected chi connectivity index (χ0v) is 11.2. The lowest BCUT2D eigenvalue weighted by molar-refractivity contribution is 0.461. The van der Waals surface area contributed by atoms with E-state index in [1.807, 2.05) is 19.1 Å². The minimum absolute atomic E-state index is 0.449. The lowest BCUT2D eigenvalue weighted by Gasteiger charge is -2.23. The summed E-state index contributed by atoms with van der Waals surface area (Å²) in [6.07, 6.45) is 3.57. The summed E-state index contributed by atoms with van der Waals surface area (Å²) in [5.74, 6) is 0.449. The molecule has 0 saturated carbocycles. The number of aryl methyl sites for hydroxylation is 1. The second kappa shape index (κ2) is 4.78. The molecule has 0 amide bonds. The quantitative estimate of drug-likeness (QED) is 0.875. The van der Waals surface area contributed by atoms with Crippen molar-refractivity contribution in [1.82, 2.24) is 5.32 Å². The molecule has 1 aliphatic rings. The lowest BCUT2D eigenvalue weighted by Crippen LogP contribution is -2.28. The topological polar surface area (TPSA) is 46.2 Å². The number of benzene rings is 1. The molecular formula is C13H19NO2S. The summed E-state index contributed by atoms with van der Waals surface area (Å²) >= 11 is 0. The number of nitrogens with one attached hydrogen (secondary N) is 1. The van der Waals surface area contributed by atoms with Crippen LogP contribution in [0.1, 0.15) is 29.9 Å². The Hall–Kier alpha value is -0.870. The summed E-state index contributed by atoms with van der Waals surface area (Å²) in [4.78, 5) is 0.473. The van der Waals surface area contributed by atoms with Gasteiger partial charge in [0.1, 0.15) is 0 Å². The van der Waals surface area contributed by atoms with Gasteiger partial charge < -0.3 is 5.32 Å². The van der Waals surface area contributed by atoms with Crippen molar-refractivity contribution in [2.45, 2.75) is 30.6 Å². The Morgan fingerprint density at radius 3 is 2.71 bits per heavy atom. The average molecular weight is 253 g/mol. The molecule has 1 unspecified atom stereocenters. The fraction of sp³-hybridized carbons (Fsp3) is 0.538. The van der Waals surface area contributed by atoms with E-state index in [0.29, 0.717) is 10.8 Å². The number of sulfone groups is 1. The van der Waals surface area contributed by atoms with Gasteiger partial charge in [0.15, 0.2) is 9.84 Å². The van der Waals surface area contributed by atoms with Gasteiger partial charge in [0.05, 0.1) is 4.90 Å².